The minimum Gasteiger partial charge on any atom is -0.492 e. The molecule has 0 bridgehead atoms. The number of hydrogen-bond acceptors (Lipinski definition) is 4. The van der Waals surface area contributed by atoms with Crippen molar-refractivity contribution in [3.05, 3.63) is 65.3 Å². The molecular formula is C19H20ClN3O2. The zero-order chi connectivity index (χ0) is 17.6. The highest BCUT2D eigenvalue weighted by molar-refractivity contribution is 6.32. The molecule has 2 aromatic rings. The number of benzene rings is 1. The van der Waals surface area contributed by atoms with Gasteiger partial charge < -0.3 is 15.4 Å². The number of rotatable bonds is 5. The first-order valence-corrected chi connectivity index (χ1v) is 8.59. The second-order valence-corrected chi connectivity index (χ2v) is 6.18. The van der Waals surface area contributed by atoms with Crippen LogP contribution < -0.4 is 15.4 Å². The molecule has 0 aliphatic carbocycles. The van der Waals surface area contributed by atoms with Crippen LogP contribution in [-0.2, 0) is 0 Å². The van der Waals surface area contributed by atoms with Gasteiger partial charge in [0.25, 0.3) is 5.91 Å². The van der Waals surface area contributed by atoms with Crippen LogP contribution >= 0.6 is 11.6 Å². The van der Waals surface area contributed by atoms with Crippen LogP contribution in [0.2, 0.25) is 5.02 Å². The third-order valence-corrected chi connectivity index (χ3v) is 4.31. The summed E-state index contributed by atoms with van der Waals surface area (Å²) in [5.41, 5.74) is 1.54. The molecule has 0 spiro atoms. The summed E-state index contributed by atoms with van der Waals surface area (Å²) in [7, 11) is 0. The number of carbonyl (C=O) groups excluding carboxylic acids is 1. The summed E-state index contributed by atoms with van der Waals surface area (Å²) in [6.45, 7) is 4.65. The lowest BCUT2D eigenvalue weighted by molar-refractivity contribution is 0.0957. The quantitative estimate of drug-likeness (QED) is 0.794. The van der Waals surface area contributed by atoms with Crippen molar-refractivity contribution in [2.75, 3.05) is 18.5 Å². The van der Waals surface area contributed by atoms with Crippen molar-refractivity contribution in [3.8, 4) is 5.75 Å². The van der Waals surface area contributed by atoms with Crippen molar-refractivity contribution < 1.29 is 9.53 Å². The Kier molecular flexibility index (Phi) is 5.56. The van der Waals surface area contributed by atoms with Crippen LogP contribution in [0.25, 0.3) is 0 Å². The molecule has 1 aliphatic rings. The molecule has 3 rings (SSSR count). The zero-order valence-electron chi connectivity index (χ0n) is 13.8. The van der Waals surface area contributed by atoms with E-state index < -0.39 is 0 Å². The number of amides is 1. The maximum atomic E-state index is 11.9. The Bertz CT molecular complexity index is 762. The van der Waals surface area contributed by atoms with Crippen LogP contribution in [-0.4, -0.2) is 24.0 Å². The number of ether oxygens (including phenoxy) is 1. The second-order valence-electron chi connectivity index (χ2n) is 5.78. The molecule has 0 radical (unpaired) electrons. The largest absolute Gasteiger partial charge is 0.492 e. The van der Waals surface area contributed by atoms with Crippen molar-refractivity contribution in [1.82, 2.24) is 10.3 Å². The maximum Gasteiger partial charge on any atom is 0.253 e. The Hall–Kier alpha value is -2.53. The van der Waals surface area contributed by atoms with Gasteiger partial charge in [-0.25, -0.2) is 4.98 Å². The molecule has 1 unspecified atom stereocenters. The molecule has 1 aliphatic heterocycles. The van der Waals surface area contributed by atoms with Gasteiger partial charge in [-0.05, 0) is 31.0 Å². The molecule has 25 heavy (non-hydrogen) atoms. The lowest BCUT2D eigenvalue weighted by atomic mass is 10.0. The maximum absolute atomic E-state index is 11.9. The lowest BCUT2D eigenvalue weighted by Gasteiger charge is -2.19. The first kappa shape index (κ1) is 17.3. The first-order valence-electron chi connectivity index (χ1n) is 8.22. The van der Waals surface area contributed by atoms with Gasteiger partial charge in [-0.15, -0.1) is 6.58 Å². The highest BCUT2D eigenvalue weighted by Crippen LogP contribution is 2.38. The molecule has 5 nitrogen and oxygen atoms in total. The van der Waals surface area contributed by atoms with E-state index in [1.807, 2.05) is 18.2 Å². The number of nitrogens with one attached hydrogen (secondary N) is 2. The number of carbonyl (C=O) groups is 1. The first-order chi connectivity index (χ1) is 12.2. The van der Waals surface area contributed by atoms with Crippen LogP contribution in [0, 0.1) is 0 Å². The number of para-hydroxylation sites is 1. The summed E-state index contributed by atoms with van der Waals surface area (Å²) in [4.78, 5) is 16.3. The Morgan fingerprint density at radius 1 is 1.40 bits per heavy atom. The summed E-state index contributed by atoms with van der Waals surface area (Å²) in [5.74, 6) is 1.27. The second kappa shape index (κ2) is 8.03. The molecule has 1 atom stereocenters. The number of hydrogen-bond donors (Lipinski definition) is 2. The third-order valence-electron chi connectivity index (χ3n) is 4.01. The fraction of sp³-hybridized carbons (Fsp3) is 0.263. The van der Waals surface area contributed by atoms with Crippen LogP contribution in [0.4, 0.5) is 5.82 Å². The number of anilines is 1. The number of pyridine rings is 1. The molecule has 130 valence electrons. The molecule has 0 saturated heterocycles. The third kappa shape index (κ3) is 4.12. The summed E-state index contributed by atoms with van der Waals surface area (Å²) < 4.78 is 5.78. The molecule has 2 heterocycles. The highest BCUT2D eigenvalue weighted by Gasteiger charge is 2.22. The van der Waals surface area contributed by atoms with Gasteiger partial charge in [0.1, 0.15) is 11.6 Å². The van der Waals surface area contributed by atoms with E-state index in [4.69, 9.17) is 16.3 Å². The monoisotopic (exact) mass is 357 g/mol. The van der Waals surface area contributed by atoms with E-state index in [2.05, 4.69) is 22.2 Å². The molecule has 1 amide bonds. The lowest BCUT2D eigenvalue weighted by Crippen LogP contribution is -2.23. The van der Waals surface area contributed by atoms with Crippen molar-refractivity contribution in [3.63, 3.8) is 0 Å². The van der Waals surface area contributed by atoms with Crippen molar-refractivity contribution in [2.24, 2.45) is 0 Å². The van der Waals surface area contributed by atoms with Gasteiger partial charge >= 0.3 is 0 Å². The molecule has 2 N–H and O–H groups in total. The smallest absolute Gasteiger partial charge is 0.253 e. The van der Waals surface area contributed by atoms with Gasteiger partial charge in [-0.3, -0.25) is 4.79 Å². The molecule has 0 saturated carbocycles. The number of halogens is 1. The Morgan fingerprint density at radius 2 is 2.28 bits per heavy atom. The fourth-order valence-corrected chi connectivity index (χ4v) is 3.01. The summed E-state index contributed by atoms with van der Waals surface area (Å²) >= 11 is 6.26. The van der Waals surface area contributed by atoms with Crippen molar-refractivity contribution >= 4 is 23.3 Å². The van der Waals surface area contributed by atoms with Crippen LogP contribution in [0.5, 0.6) is 5.75 Å². The molecule has 0 fully saturated rings. The predicted molar refractivity (Wildman–Crippen MR) is 99.3 cm³/mol. The zero-order valence-corrected chi connectivity index (χ0v) is 14.6. The van der Waals surface area contributed by atoms with Crippen LogP contribution in [0.15, 0.2) is 49.2 Å². The average Bonchev–Trinajstić information content (AvgIpc) is 2.84. The van der Waals surface area contributed by atoms with Gasteiger partial charge in [0.2, 0.25) is 0 Å². The summed E-state index contributed by atoms with van der Waals surface area (Å²) in [6.07, 6.45) is 5.03. The van der Waals surface area contributed by atoms with E-state index in [1.54, 1.807) is 24.4 Å². The normalized spacial score (nSPS) is 16.1. The minimum absolute atomic E-state index is 0.0594. The Balaban J connectivity index is 1.75. The van der Waals surface area contributed by atoms with Gasteiger partial charge in [-0.2, -0.15) is 0 Å². The number of fused-ring (bicyclic) bond motifs is 1. The van der Waals surface area contributed by atoms with Crippen LogP contribution in [0.1, 0.15) is 34.8 Å². The van der Waals surface area contributed by atoms with E-state index >= 15 is 0 Å². The standard InChI is InChI=1S/C19H20ClN3O2/c1-2-10-21-19(24)13-8-9-17(22-12-13)23-16-7-4-11-25-18-14(16)5-3-6-15(18)20/h2-3,5-6,8-9,12,16H,1,4,7,10-11H2,(H,21,24)(H,22,23). The predicted octanol–water partition coefficient (Wildman–Crippen LogP) is 3.98. The van der Waals surface area contributed by atoms with Crippen molar-refractivity contribution in [1.29, 1.82) is 0 Å². The minimum atomic E-state index is -0.168. The average molecular weight is 358 g/mol. The van der Waals surface area contributed by atoms with Gasteiger partial charge in [0, 0.05) is 18.3 Å². The van der Waals surface area contributed by atoms with E-state index in [9.17, 15) is 4.79 Å². The SMILES string of the molecule is C=CCNC(=O)c1ccc(NC2CCCOc3c(Cl)cccc32)nc1. The Morgan fingerprint density at radius 3 is 3.04 bits per heavy atom. The van der Waals surface area contributed by atoms with E-state index in [1.165, 1.54) is 0 Å². The van der Waals surface area contributed by atoms with Gasteiger partial charge in [-0.1, -0.05) is 29.8 Å². The van der Waals surface area contributed by atoms with Crippen LogP contribution in [0.3, 0.4) is 0 Å². The van der Waals surface area contributed by atoms with Crippen molar-refractivity contribution in [2.45, 2.75) is 18.9 Å². The van der Waals surface area contributed by atoms with E-state index in [0.717, 1.165) is 24.2 Å². The topological polar surface area (TPSA) is 63.2 Å². The molecule has 1 aromatic heterocycles. The summed E-state index contributed by atoms with van der Waals surface area (Å²) in [5, 5.41) is 6.76. The van der Waals surface area contributed by atoms with Gasteiger partial charge in [0.15, 0.2) is 0 Å². The van der Waals surface area contributed by atoms with Gasteiger partial charge in [0.05, 0.1) is 23.2 Å². The van der Waals surface area contributed by atoms with E-state index in [-0.39, 0.29) is 11.9 Å². The molecular weight excluding hydrogens is 338 g/mol. The fourth-order valence-electron chi connectivity index (χ4n) is 2.78. The molecule has 6 heteroatoms. The number of aromatic nitrogens is 1. The van der Waals surface area contributed by atoms with E-state index in [0.29, 0.717) is 29.6 Å². The Labute approximate surface area is 152 Å². The molecule has 1 aromatic carbocycles. The number of nitrogens with zero attached hydrogens (tertiary/aromatic N) is 1. The summed E-state index contributed by atoms with van der Waals surface area (Å²) in [6, 6.07) is 9.38. The highest BCUT2D eigenvalue weighted by atomic mass is 35.5.